The minimum Gasteiger partial charge on any atom is -0.493 e. The molecule has 0 bridgehead atoms. The van der Waals surface area contributed by atoms with Crippen molar-refractivity contribution >= 4 is 5.97 Å². The quantitative estimate of drug-likeness (QED) is 0.212. The van der Waals surface area contributed by atoms with Gasteiger partial charge in [-0.3, -0.25) is 0 Å². The third-order valence-corrected chi connectivity index (χ3v) is 5.87. The molecule has 0 amide bonds. The average Bonchev–Trinajstić information content (AvgIpc) is 2.90. The van der Waals surface area contributed by atoms with Gasteiger partial charge in [-0.15, -0.1) is 0 Å². The minimum absolute atomic E-state index is 0.302. The molecule has 0 aliphatic carbocycles. The van der Waals surface area contributed by atoms with Crippen LogP contribution < -0.4 is 18.9 Å². The van der Waals surface area contributed by atoms with Gasteiger partial charge in [-0.2, -0.15) is 0 Å². The summed E-state index contributed by atoms with van der Waals surface area (Å²) in [7, 11) is 0. The van der Waals surface area contributed by atoms with Crippen LogP contribution in [0.4, 0.5) is 0 Å². The van der Waals surface area contributed by atoms with Gasteiger partial charge in [-0.05, 0) is 85.8 Å². The van der Waals surface area contributed by atoms with E-state index in [1.54, 1.807) is 6.92 Å². The smallest absolute Gasteiger partial charge is 0.347 e. The highest BCUT2D eigenvalue weighted by atomic mass is 16.6. The SMILES string of the molecule is CCCc1cc(Oc2ccccc2)ccc1OCCCOc1ccc2c(c1)CCC(C(=O)OCC)O2. The van der Waals surface area contributed by atoms with Crippen molar-refractivity contribution in [2.24, 2.45) is 0 Å². The van der Waals surface area contributed by atoms with E-state index in [0.29, 0.717) is 26.2 Å². The fourth-order valence-electron chi connectivity index (χ4n) is 4.14. The van der Waals surface area contributed by atoms with Gasteiger partial charge < -0.3 is 23.7 Å². The molecule has 1 atom stereocenters. The molecule has 0 fully saturated rings. The summed E-state index contributed by atoms with van der Waals surface area (Å²) in [6.45, 7) is 5.42. The zero-order valence-corrected chi connectivity index (χ0v) is 21.0. The number of carbonyl (C=O) groups excluding carboxylic acids is 1. The Labute approximate surface area is 213 Å². The van der Waals surface area contributed by atoms with E-state index in [1.165, 1.54) is 0 Å². The van der Waals surface area contributed by atoms with Crippen LogP contribution in [-0.2, 0) is 22.4 Å². The van der Waals surface area contributed by atoms with E-state index >= 15 is 0 Å². The fraction of sp³-hybridized carbons (Fsp3) is 0.367. The molecule has 3 aromatic rings. The molecule has 1 unspecified atom stereocenters. The van der Waals surface area contributed by atoms with Gasteiger partial charge in [0.05, 0.1) is 19.8 Å². The number of carbonyl (C=O) groups is 1. The molecule has 0 saturated carbocycles. The van der Waals surface area contributed by atoms with E-state index in [9.17, 15) is 4.79 Å². The van der Waals surface area contributed by atoms with Crippen LogP contribution in [0, 0.1) is 0 Å². The van der Waals surface area contributed by atoms with E-state index in [2.05, 4.69) is 13.0 Å². The lowest BCUT2D eigenvalue weighted by Gasteiger charge is -2.25. The topological polar surface area (TPSA) is 63.2 Å². The molecule has 36 heavy (non-hydrogen) atoms. The normalized spacial score (nSPS) is 14.3. The molecule has 0 aromatic heterocycles. The average molecular weight is 491 g/mol. The molecule has 1 aliphatic rings. The number of benzene rings is 3. The van der Waals surface area contributed by atoms with E-state index < -0.39 is 6.10 Å². The molecule has 0 spiro atoms. The van der Waals surface area contributed by atoms with Crippen molar-refractivity contribution in [3.8, 4) is 28.7 Å². The van der Waals surface area contributed by atoms with Gasteiger partial charge in [-0.25, -0.2) is 4.79 Å². The lowest BCUT2D eigenvalue weighted by Crippen LogP contribution is -2.32. The van der Waals surface area contributed by atoms with Gasteiger partial charge in [0.1, 0.15) is 28.7 Å². The van der Waals surface area contributed by atoms with Gasteiger partial charge in [0.15, 0.2) is 6.10 Å². The highest BCUT2D eigenvalue weighted by molar-refractivity contribution is 5.75. The first-order chi connectivity index (χ1) is 17.7. The molecule has 0 radical (unpaired) electrons. The minimum atomic E-state index is -0.530. The van der Waals surface area contributed by atoms with E-state index in [4.69, 9.17) is 23.7 Å². The van der Waals surface area contributed by atoms with E-state index in [0.717, 1.165) is 65.6 Å². The molecule has 190 valence electrons. The number of rotatable bonds is 12. The molecule has 0 saturated heterocycles. The van der Waals surface area contributed by atoms with E-state index in [-0.39, 0.29) is 5.97 Å². The Bertz CT molecular complexity index is 1130. The van der Waals surface area contributed by atoms with Crippen molar-refractivity contribution in [3.05, 3.63) is 77.9 Å². The first kappa shape index (κ1) is 25.4. The summed E-state index contributed by atoms with van der Waals surface area (Å²) in [5.41, 5.74) is 2.19. The summed E-state index contributed by atoms with van der Waals surface area (Å²) in [6.07, 6.45) is 3.54. The maximum Gasteiger partial charge on any atom is 0.347 e. The Morgan fingerprint density at radius 2 is 1.72 bits per heavy atom. The Morgan fingerprint density at radius 3 is 2.53 bits per heavy atom. The number of esters is 1. The highest BCUT2D eigenvalue weighted by Gasteiger charge is 2.27. The second-order valence-electron chi connectivity index (χ2n) is 8.65. The first-order valence-electron chi connectivity index (χ1n) is 12.7. The molecule has 1 heterocycles. The van der Waals surface area contributed by atoms with Crippen LogP contribution in [0.15, 0.2) is 66.7 Å². The number of para-hydroxylation sites is 1. The standard InChI is InChI=1S/C30H34O6/c1-3-9-22-21-26(35-24-10-6-5-7-11-24)14-16-27(22)34-19-8-18-33-25-13-17-28-23(20-25)12-15-29(36-28)30(31)32-4-2/h5-7,10-11,13-14,16-17,20-21,29H,3-4,8-9,12,15,18-19H2,1-2H3. The van der Waals surface area contributed by atoms with Crippen LogP contribution in [0.25, 0.3) is 0 Å². The van der Waals surface area contributed by atoms with Crippen LogP contribution >= 0.6 is 0 Å². The zero-order chi connectivity index (χ0) is 25.2. The van der Waals surface area contributed by atoms with Crippen molar-refractivity contribution < 1.29 is 28.5 Å². The summed E-state index contributed by atoms with van der Waals surface area (Å²) >= 11 is 0. The van der Waals surface area contributed by atoms with Crippen LogP contribution in [-0.4, -0.2) is 31.9 Å². The van der Waals surface area contributed by atoms with Crippen molar-refractivity contribution in [1.82, 2.24) is 0 Å². The Morgan fingerprint density at radius 1 is 0.917 bits per heavy atom. The van der Waals surface area contributed by atoms with Gasteiger partial charge in [0.25, 0.3) is 0 Å². The number of ether oxygens (including phenoxy) is 5. The van der Waals surface area contributed by atoms with Crippen LogP contribution in [0.2, 0.25) is 0 Å². The third kappa shape index (κ3) is 6.94. The lowest BCUT2D eigenvalue weighted by atomic mass is 10.0. The Hall–Kier alpha value is -3.67. The molecule has 4 rings (SSSR count). The molecular formula is C30H34O6. The van der Waals surface area contributed by atoms with Crippen molar-refractivity contribution in [3.63, 3.8) is 0 Å². The van der Waals surface area contributed by atoms with Gasteiger partial charge in [-0.1, -0.05) is 31.5 Å². The summed E-state index contributed by atoms with van der Waals surface area (Å²) in [6, 6.07) is 21.5. The third-order valence-electron chi connectivity index (χ3n) is 5.87. The van der Waals surface area contributed by atoms with Crippen LogP contribution in [0.1, 0.15) is 44.2 Å². The predicted octanol–water partition coefficient (Wildman–Crippen LogP) is 6.54. The number of fused-ring (bicyclic) bond motifs is 1. The second-order valence-corrected chi connectivity index (χ2v) is 8.65. The molecule has 1 aliphatic heterocycles. The van der Waals surface area contributed by atoms with Gasteiger partial charge in [0, 0.05) is 6.42 Å². The lowest BCUT2D eigenvalue weighted by molar-refractivity contribution is -0.152. The van der Waals surface area contributed by atoms with Crippen molar-refractivity contribution in [1.29, 1.82) is 0 Å². The maximum atomic E-state index is 11.9. The molecular weight excluding hydrogens is 456 g/mol. The summed E-state index contributed by atoms with van der Waals surface area (Å²) < 4.78 is 28.9. The predicted molar refractivity (Wildman–Crippen MR) is 138 cm³/mol. The summed E-state index contributed by atoms with van der Waals surface area (Å²) in [4.78, 5) is 11.9. The number of hydrogen-bond donors (Lipinski definition) is 0. The summed E-state index contributed by atoms with van der Waals surface area (Å²) in [5, 5.41) is 0. The Balaban J connectivity index is 1.24. The number of aryl methyl sites for hydroxylation is 2. The highest BCUT2D eigenvalue weighted by Crippen LogP contribution is 2.32. The number of hydrogen-bond acceptors (Lipinski definition) is 6. The van der Waals surface area contributed by atoms with Crippen molar-refractivity contribution in [2.75, 3.05) is 19.8 Å². The zero-order valence-electron chi connectivity index (χ0n) is 21.0. The van der Waals surface area contributed by atoms with E-state index in [1.807, 2.05) is 60.7 Å². The molecule has 6 nitrogen and oxygen atoms in total. The van der Waals surface area contributed by atoms with Crippen LogP contribution in [0.5, 0.6) is 28.7 Å². The maximum absolute atomic E-state index is 11.9. The molecule has 6 heteroatoms. The molecule has 0 N–H and O–H groups in total. The van der Waals surface area contributed by atoms with Gasteiger partial charge in [0.2, 0.25) is 0 Å². The fourth-order valence-corrected chi connectivity index (χ4v) is 4.14. The second kappa shape index (κ2) is 12.9. The largest absolute Gasteiger partial charge is 0.493 e. The Kier molecular flexibility index (Phi) is 9.09. The monoisotopic (exact) mass is 490 g/mol. The van der Waals surface area contributed by atoms with Crippen LogP contribution in [0.3, 0.4) is 0 Å². The first-order valence-corrected chi connectivity index (χ1v) is 12.7. The van der Waals surface area contributed by atoms with Crippen molar-refractivity contribution in [2.45, 2.75) is 52.1 Å². The van der Waals surface area contributed by atoms with Gasteiger partial charge >= 0.3 is 5.97 Å². The summed E-state index contributed by atoms with van der Waals surface area (Å²) in [5.74, 6) is 3.73. The molecule has 3 aromatic carbocycles.